The van der Waals surface area contributed by atoms with Crippen molar-refractivity contribution in [2.45, 2.75) is 97.5 Å². The number of aliphatic hydroxyl groups excluding tert-OH is 1. The van der Waals surface area contributed by atoms with Gasteiger partial charge in [-0.3, -0.25) is 19.3 Å². The van der Waals surface area contributed by atoms with Crippen LogP contribution in [0.5, 0.6) is 0 Å². The molecule has 0 heterocycles. The number of imide groups is 1. The van der Waals surface area contributed by atoms with E-state index in [1.165, 1.54) is 14.0 Å². The zero-order chi connectivity index (χ0) is 31.9. The monoisotopic (exact) mass is 586 g/mol. The Morgan fingerprint density at radius 1 is 1.10 bits per heavy atom. The van der Waals surface area contributed by atoms with Crippen LogP contribution in [0.15, 0.2) is 42.0 Å². The van der Waals surface area contributed by atoms with Gasteiger partial charge in [0.2, 0.25) is 11.8 Å². The summed E-state index contributed by atoms with van der Waals surface area (Å²) < 4.78 is 4.96. The van der Waals surface area contributed by atoms with E-state index in [0.29, 0.717) is 19.3 Å². The fourth-order valence-electron chi connectivity index (χ4n) is 5.94. The van der Waals surface area contributed by atoms with Crippen molar-refractivity contribution in [3.63, 3.8) is 0 Å². The van der Waals surface area contributed by atoms with Crippen molar-refractivity contribution >= 4 is 23.7 Å². The van der Waals surface area contributed by atoms with E-state index >= 15 is 0 Å². The molecule has 3 unspecified atom stereocenters. The molecule has 1 aromatic carbocycles. The number of methoxy groups -OCH3 is 1. The van der Waals surface area contributed by atoms with Crippen LogP contribution < -0.4 is 16.8 Å². The lowest BCUT2D eigenvalue weighted by molar-refractivity contribution is -0.166. The van der Waals surface area contributed by atoms with E-state index in [1.807, 2.05) is 43.3 Å². The Hall–Kier alpha value is -3.08. The van der Waals surface area contributed by atoms with Gasteiger partial charge in [0.1, 0.15) is 11.6 Å². The minimum atomic E-state index is -1.71. The van der Waals surface area contributed by atoms with Crippen LogP contribution in [0.4, 0.5) is 0 Å². The number of nitrogens with one attached hydrogen (secondary N) is 1. The molecule has 10 heteroatoms. The van der Waals surface area contributed by atoms with Gasteiger partial charge in [-0.1, -0.05) is 69.7 Å². The molecule has 0 fully saturated rings. The van der Waals surface area contributed by atoms with Gasteiger partial charge in [-0.15, -0.1) is 0 Å². The molecule has 1 aliphatic carbocycles. The summed E-state index contributed by atoms with van der Waals surface area (Å²) >= 11 is 0. The molecule has 1 aliphatic rings. The summed E-state index contributed by atoms with van der Waals surface area (Å²) in [5.41, 5.74) is 13.0. The third kappa shape index (κ3) is 7.85. The predicted molar refractivity (Wildman–Crippen MR) is 162 cm³/mol. The quantitative estimate of drug-likeness (QED) is 0.227. The largest absolute Gasteiger partial charge is 0.467 e. The second-order valence-corrected chi connectivity index (χ2v) is 12.2. The second kappa shape index (κ2) is 14.9. The molecule has 0 bridgehead atoms. The van der Waals surface area contributed by atoms with Crippen LogP contribution >= 0.6 is 0 Å². The predicted octanol–water partition coefficient (Wildman–Crippen LogP) is 2.32. The molecule has 3 amide bonds. The van der Waals surface area contributed by atoms with Crippen molar-refractivity contribution < 1.29 is 29.0 Å². The number of benzene rings is 1. The summed E-state index contributed by atoms with van der Waals surface area (Å²) in [6, 6.07) is 7.44. The van der Waals surface area contributed by atoms with Crippen LogP contribution in [-0.4, -0.2) is 70.6 Å². The normalized spacial score (nSPS) is 22.7. The molecule has 0 saturated carbocycles. The number of nitrogens with zero attached hydrogens (tertiary/aromatic N) is 1. The fourth-order valence-corrected chi connectivity index (χ4v) is 5.94. The number of hydrogen-bond donors (Lipinski definition) is 4. The van der Waals surface area contributed by atoms with Crippen LogP contribution in [0, 0.1) is 23.7 Å². The van der Waals surface area contributed by atoms with Gasteiger partial charge in [-0.25, -0.2) is 4.79 Å². The molecule has 7 atom stereocenters. The molecule has 0 spiro atoms. The SMILES string of the molecule is COC(=O)[C@H](C(C)C)N(C(C)=O)C(=O)[C@@](N)(C(C)C)C1CCC([C@H](C)NC(=O)[C@H](C)N)=CC(Cc2ccccc2)C1O. The molecule has 234 valence electrons. The molecule has 0 aromatic heterocycles. The van der Waals surface area contributed by atoms with Gasteiger partial charge in [-0.2, -0.15) is 0 Å². The number of nitrogens with two attached hydrogens (primary N) is 2. The average Bonchev–Trinajstić information content (AvgIpc) is 3.09. The van der Waals surface area contributed by atoms with Crippen molar-refractivity contribution in [2.24, 2.45) is 35.1 Å². The molecule has 42 heavy (non-hydrogen) atoms. The highest BCUT2D eigenvalue weighted by Crippen LogP contribution is 2.40. The van der Waals surface area contributed by atoms with Crippen molar-refractivity contribution in [2.75, 3.05) is 7.11 Å². The summed E-state index contributed by atoms with van der Waals surface area (Å²) in [4.78, 5) is 53.5. The first kappa shape index (κ1) is 35.1. The molecule has 1 aromatic rings. The van der Waals surface area contributed by atoms with Crippen molar-refractivity contribution in [1.29, 1.82) is 0 Å². The Labute approximate surface area is 250 Å². The highest BCUT2D eigenvalue weighted by molar-refractivity contribution is 6.03. The Morgan fingerprint density at radius 3 is 2.17 bits per heavy atom. The molecule has 10 nitrogen and oxygen atoms in total. The molecule has 6 N–H and O–H groups in total. The van der Waals surface area contributed by atoms with Crippen LogP contribution in [0.25, 0.3) is 0 Å². The van der Waals surface area contributed by atoms with E-state index in [9.17, 15) is 24.3 Å². The first-order valence-corrected chi connectivity index (χ1v) is 14.8. The Morgan fingerprint density at radius 2 is 1.69 bits per heavy atom. The highest BCUT2D eigenvalue weighted by atomic mass is 16.5. The first-order chi connectivity index (χ1) is 19.6. The molecule has 2 rings (SSSR count). The number of carbonyl (C=O) groups is 4. The van der Waals surface area contributed by atoms with Crippen molar-refractivity contribution in [1.82, 2.24) is 10.2 Å². The summed E-state index contributed by atoms with van der Waals surface area (Å²) in [5, 5.41) is 15.0. The van der Waals surface area contributed by atoms with E-state index in [4.69, 9.17) is 16.2 Å². The average molecular weight is 587 g/mol. The van der Waals surface area contributed by atoms with Crippen molar-refractivity contribution in [3.8, 4) is 0 Å². The highest BCUT2D eigenvalue weighted by Gasteiger charge is 2.54. The summed E-state index contributed by atoms with van der Waals surface area (Å²) in [5.74, 6) is -4.55. The molecule has 0 aliphatic heterocycles. The lowest BCUT2D eigenvalue weighted by Crippen LogP contribution is -2.68. The second-order valence-electron chi connectivity index (χ2n) is 12.2. The number of amides is 3. The maximum atomic E-state index is 14.4. The van der Waals surface area contributed by atoms with Gasteiger partial charge >= 0.3 is 5.97 Å². The van der Waals surface area contributed by atoms with E-state index in [-0.39, 0.29) is 11.9 Å². The van der Waals surface area contributed by atoms with Gasteiger partial charge in [0.05, 0.1) is 19.3 Å². The van der Waals surface area contributed by atoms with Gasteiger partial charge in [0.25, 0.3) is 5.91 Å². The topological polar surface area (TPSA) is 165 Å². The summed E-state index contributed by atoms with van der Waals surface area (Å²) in [6.45, 7) is 11.7. The number of esters is 1. The number of rotatable bonds is 11. The van der Waals surface area contributed by atoms with E-state index in [0.717, 1.165) is 16.0 Å². The van der Waals surface area contributed by atoms with Crippen molar-refractivity contribution in [3.05, 3.63) is 47.5 Å². The first-order valence-electron chi connectivity index (χ1n) is 14.8. The smallest absolute Gasteiger partial charge is 0.329 e. The molecule has 0 radical (unpaired) electrons. The van der Waals surface area contributed by atoms with Crippen LogP contribution in [0.2, 0.25) is 0 Å². The minimum absolute atomic E-state index is 0.297. The van der Waals surface area contributed by atoms with Crippen LogP contribution in [0.1, 0.15) is 66.9 Å². The summed E-state index contributed by atoms with van der Waals surface area (Å²) in [7, 11) is 1.21. The third-order valence-corrected chi connectivity index (χ3v) is 8.52. The fraction of sp³-hybridized carbons (Fsp3) is 0.625. The number of carbonyl (C=O) groups excluding carboxylic acids is 4. The Kier molecular flexibility index (Phi) is 12.4. The lowest BCUT2D eigenvalue weighted by Gasteiger charge is -2.46. The van der Waals surface area contributed by atoms with Gasteiger partial charge in [0, 0.05) is 24.8 Å². The van der Waals surface area contributed by atoms with E-state index in [2.05, 4.69) is 5.32 Å². The van der Waals surface area contributed by atoms with Crippen LogP contribution in [0.3, 0.4) is 0 Å². The molecular formula is C32H50N4O6. The molecular weight excluding hydrogens is 536 g/mol. The zero-order valence-corrected chi connectivity index (χ0v) is 26.3. The summed E-state index contributed by atoms with van der Waals surface area (Å²) in [6.07, 6.45) is 2.12. The number of ether oxygens (including phenoxy) is 1. The Balaban J connectivity index is 2.63. The minimum Gasteiger partial charge on any atom is -0.467 e. The number of hydrogen-bond acceptors (Lipinski definition) is 8. The van der Waals surface area contributed by atoms with E-state index < -0.39 is 65.2 Å². The lowest BCUT2D eigenvalue weighted by atomic mass is 9.68. The molecule has 0 saturated heterocycles. The third-order valence-electron chi connectivity index (χ3n) is 8.52. The van der Waals surface area contributed by atoms with Crippen LogP contribution in [-0.2, 0) is 30.3 Å². The van der Waals surface area contributed by atoms with Gasteiger partial charge in [0.15, 0.2) is 0 Å². The maximum absolute atomic E-state index is 14.4. The van der Waals surface area contributed by atoms with Gasteiger partial charge in [-0.05, 0) is 50.5 Å². The van der Waals surface area contributed by atoms with Gasteiger partial charge < -0.3 is 26.6 Å². The number of aliphatic hydroxyl groups is 1. The Bertz CT molecular complexity index is 1140. The standard InChI is InChI=1S/C32H50N4O6/c1-18(2)27(30(40)42-8)36(22(7)37)31(41)32(34,19(3)4)26-15-14-24(21(6)35-29(39)20(5)33)17-25(28(26)38)16-23-12-10-9-11-13-23/h9-13,17-21,25-28,38H,14-16,33-34H2,1-8H3,(H,35,39)/t20-,21-,25?,26?,27-,28?,32+/m0/s1. The zero-order valence-electron chi connectivity index (χ0n) is 26.3. The van der Waals surface area contributed by atoms with E-state index in [1.54, 1.807) is 34.6 Å². The maximum Gasteiger partial charge on any atom is 0.329 e.